The molecule has 1 N–H and O–H groups in total. The quantitative estimate of drug-likeness (QED) is 0.929. The predicted molar refractivity (Wildman–Crippen MR) is 71.1 cm³/mol. The minimum Gasteiger partial charge on any atom is -0.284 e. The van der Waals surface area contributed by atoms with Gasteiger partial charge < -0.3 is 0 Å². The summed E-state index contributed by atoms with van der Waals surface area (Å²) in [6.45, 7) is 5.68. The Balaban J connectivity index is 2.84. The molecule has 16 heavy (non-hydrogen) atoms. The molecule has 0 spiro atoms. The minimum absolute atomic E-state index is 0.119. The van der Waals surface area contributed by atoms with Crippen LogP contribution in [0.4, 0.5) is 5.69 Å². The molecule has 1 aromatic rings. The van der Waals surface area contributed by atoms with Crippen LogP contribution in [0.25, 0.3) is 0 Å². The zero-order valence-corrected chi connectivity index (χ0v) is 12.0. The second-order valence-corrected chi connectivity index (χ2v) is 6.86. The fraction of sp³-hybridized carbons (Fsp3) is 0.455. The van der Waals surface area contributed by atoms with Gasteiger partial charge in [-0.1, -0.05) is 29.8 Å². The summed E-state index contributed by atoms with van der Waals surface area (Å²) in [5.41, 5.74) is 1.62. The maximum Gasteiger partial charge on any atom is 0.232 e. The first kappa shape index (κ1) is 13.5. The monoisotopic (exact) mass is 305 g/mol. The van der Waals surface area contributed by atoms with E-state index >= 15 is 0 Å². The second kappa shape index (κ2) is 5.19. The lowest BCUT2D eigenvalue weighted by Crippen LogP contribution is -2.20. The van der Waals surface area contributed by atoms with Crippen molar-refractivity contribution in [2.45, 2.75) is 20.8 Å². The average molecular weight is 306 g/mol. The van der Waals surface area contributed by atoms with Crippen molar-refractivity contribution in [3.05, 3.63) is 28.2 Å². The zero-order valence-electron chi connectivity index (χ0n) is 9.62. The molecular weight excluding hydrogens is 290 g/mol. The first-order chi connectivity index (χ1) is 7.30. The number of benzene rings is 1. The first-order valence-corrected chi connectivity index (χ1v) is 7.51. The lowest BCUT2D eigenvalue weighted by Gasteiger charge is -2.10. The van der Waals surface area contributed by atoms with Crippen LogP contribution in [0.15, 0.2) is 22.7 Å². The second-order valence-electron chi connectivity index (χ2n) is 4.24. The SMILES string of the molecule is Cc1cc(NS(=O)(=O)CC(C)C)ccc1Br. The molecule has 90 valence electrons. The highest BCUT2D eigenvalue weighted by Gasteiger charge is 2.12. The van der Waals surface area contributed by atoms with Gasteiger partial charge in [-0.25, -0.2) is 8.42 Å². The highest BCUT2D eigenvalue weighted by molar-refractivity contribution is 9.10. The number of rotatable bonds is 4. The van der Waals surface area contributed by atoms with Crippen LogP contribution in [-0.4, -0.2) is 14.2 Å². The van der Waals surface area contributed by atoms with E-state index in [1.54, 1.807) is 6.07 Å². The number of nitrogens with one attached hydrogen (secondary N) is 1. The van der Waals surface area contributed by atoms with Crippen molar-refractivity contribution in [2.75, 3.05) is 10.5 Å². The minimum atomic E-state index is -3.23. The van der Waals surface area contributed by atoms with E-state index in [2.05, 4.69) is 20.7 Å². The van der Waals surface area contributed by atoms with Gasteiger partial charge in [-0.3, -0.25) is 4.72 Å². The molecule has 0 amide bonds. The van der Waals surface area contributed by atoms with E-state index in [-0.39, 0.29) is 11.7 Å². The van der Waals surface area contributed by atoms with Gasteiger partial charge in [0.15, 0.2) is 0 Å². The van der Waals surface area contributed by atoms with Gasteiger partial charge in [-0.2, -0.15) is 0 Å². The number of anilines is 1. The Hall–Kier alpha value is -0.550. The summed E-state index contributed by atoms with van der Waals surface area (Å²) in [6, 6.07) is 5.39. The van der Waals surface area contributed by atoms with E-state index in [1.165, 1.54) is 0 Å². The topological polar surface area (TPSA) is 46.2 Å². The van der Waals surface area contributed by atoms with Gasteiger partial charge in [0.2, 0.25) is 10.0 Å². The zero-order chi connectivity index (χ0) is 12.3. The number of aryl methyl sites for hydroxylation is 1. The molecule has 0 aromatic heterocycles. The summed E-state index contributed by atoms with van der Waals surface area (Å²) < 4.78 is 26.9. The third-order valence-electron chi connectivity index (χ3n) is 1.98. The molecule has 0 heterocycles. The van der Waals surface area contributed by atoms with Gasteiger partial charge in [0.05, 0.1) is 5.75 Å². The Bertz CT molecular complexity index is 469. The third-order valence-corrected chi connectivity index (χ3v) is 4.53. The van der Waals surface area contributed by atoms with Crippen molar-refractivity contribution in [1.82, 2.24) is 0 Å². The summed E-state index contributed by atoms with van der Waals surface area (Å²) in [5.74, 6) is 0.260. The molecular formula is C11H16BrNO2S. The van der Waals surface area contributed by atoms with Crippen LogP contribution in [0.3, 0.4) is 0 Å². The molecule has 0 aliphatic carbocycles. The number of sulfonamides is 1. The summed E-state index contributed by atoms with van der Waals surface area (Å²) in [4.78, 5) is 0. The Kier molecular flexibility index (Phi) is 4.38. The lowest BCUT2D eigenvalue weighted by atomic mass is 10.2. The summed E-state index contributed by atoms with van der Waals surface area (Å²) in [7, 11) is -3.23. The molecule has 1 aromatic carbocycles. The molecule has 0 bridgehead atoms. The molecule has 5 heteroatoms. The fourth-order valence-electron chi connectivity index (χ4n) is 1.37. The summed E-state index contributed by atoms with van der Waals surface area (Å²) in [6.07, 6.45) is 0. The smallest absolute Gasteiger partial charge is 0.232 e. The van der Waals surface area contributed by atoms with Gasteiger partial charge in [-0.05, 0) is 36.6 Å². The van der Waals surface area contributed by atoms with Crippen molar-refractivity contribution in [3.8, 4) is 0 Å². The molecule has 3 nitrogen and oxygen atoms in total. The fourth-order valence-corrected chi connectivity index (χ4v) is 3.06. The summed E-state index contributed by atoms with van der Waals surface area (Å²) in [5, 5.41) is 0. The van der Waals surface area contributed by atoms with Crippen molar-refractivity contribution in [2.24, 2.45) is 5.92 Å². The first-order valence-electron chi connectivity index (χ1n) is 5.07. The molecule has 0 atom stereocenters. The maximum absolute atomic E-state index is 11.7. The third kappa shape index (κ3) is 4.14. The van der Waals surface area contributed by atoms with E-state index in [4.69, 9.17) is 0 Å². The Morgan fingerprint density at radius 1 is 1.38 bits per heavy atom. The van der Waals surface area contributed by atoms with Crippen molar-refractivity contribution in [3.63, 3.8) is 0 Å². The van der Waals surface area contributed by atoms with E-state index in [9.17, 15) is 8.42 Å². The normalized spacial score (nSPS) is 11.8. The Morgan fingerprint density at radius 3 is 2.50 bits per heavy atom. The molecule has 0 radical (unpaired) electrons. The van der Waals surface area contributed by atoms with Crippen LogP contribution in [0.2, 0.25) is 0 Å². The average Bonchev–Trinajstić information content (AvgIpc) is 2.08. The number of halogens is 1. The van der Waals surface area contributed by atoms with Gasteiger partial charge >= 0.3 is 0 Å². The van der Waals surface area contributed by atoms with Crippen LogP contribution >= 0.6 is 15.9 Å². The molecule has 0 saturated carbocycles. The van der Waals surface area contributed by atoms with E-state index in [0.29, 0.717) is 5.69 Å². The molecule has 0 aliphatic heterocycles. The molecule has 1 rings (SSSR count). The highest BCUT2D eigenvalue weighted by atomic mass is 79.9. The maximum atomic E-state index is 11.7. The van der Waals surface area contributed by atoms with Crippen LogP contribution in [-0.2, 0) is 10.0 Å². The van der Waals surface area contributed by atoms with E-state index in [1.807, 2.05) is 32.9 Å². The van der Waals surface area contributed by atoms with Crippen molar-refractivity contribution in [1.29, 1.82) is 0 Å². The predicted octanol–water partition coefficient (Wildman–Crippen LogP) is 3.16. The van der Waals surface area contributed by atoms with Crippen LogP contribution in [0.1, 0.15) is 19.4 Å². The van der Waals surface area contributed by atoms with Crippen LogP contribution in [0.5, 0.6) is 0 Å². The standard InChI is InChI=1S/C11H16BrNO2S/c1-8(2)7-16(14,15)13-10-4-5-11(12)9(3)6-10/h4-6,8,13H,7H2,1-3H3. The lowest BCUT2D eigenvalue weighted by molar-refractivity contribution is 0.587. The van der Waals surface area contributed by atoms with Crippen molar-refractivity contribution >= 4 is 31.6 Å². The van der Waals surface area contributed by atoms with E-state index in [0.717, 1.165) is 10.0 Å². The van der Waals surface area contributed by atoms with Gasteiger partial charge in [0.1, 0.15) is 0 Å². The van der Waals surface area contributed by atoms with Gasteiger partial charge in [-0.15, -0.1) is 0 Å². The molecule has 0 saturated heterocycles. The molecule has 0 aliphatic rings. The van der Waals surface area contributed by atoms with E-state index < -0.39 is 10.0 Å². The number of hydrogen-bond donors (Lipinski definition) is 1. The van der Waals surface area contributed by atoms with Crippen LogP contribution < -0.4 is 4.72 Å². The highest BCUT2D eigenvalue weighted by Crippen LogP contribution is 2.21. The van der Waals surface area contributed by atoms with Gasteiger partial charge in [0, 0.05) is 10.2 Å². The van der Waals surface area contributed by atoms with Crippen molar-refractivity contribution < 1.29 is 8.42 Å². The number of hydrogen-bond acceptors (Lipinski definition) is 2. The van der Waals surface area contributed by atoms with Gasteiger partial charge in [0.25, 0.3) is 0 Å². The largest absolute Gasteiger partial charge is 0.284 e. The summed E-state index contributed by atoms with van der Waals surface area (Å²) >= 11 is 3.37. The molecule has 0 fully saturated rings. The Morgan fingerprint density at radius 2 is 2.00 bits per heavy atom. The molecule has 0 unspecified atom stereocenters. The Labute approximate surface area is 105 Å². The van der Waals surface area contributed by atoms with Crippen LogP contribution in [0, 0.1) is 12.8 Å².